The maximum atomic E-state index is 12.9. The minimum absolute atomic E-state index is 0.0368. The predicted molar refractivity (Wildman–Crippen MR) is 117 cm³/mol. The van der Waals surface area contributed by atoms with Gasteiger partial charge in [-0.3, -0.25) is 13.9 Å². The van der Waals surface area contributed by atoms with E-state index in [4.69, 9.17) is 0 Å². The largest absolute Gasteiger partial charge is 0.478 e. The Morgan fingerprint density at radius 1 is 1.27 bits per heavy atom. The summed E-state index contributed by atoms with van der Waals surface area (Å²) >= 11 is 1.19. The molecular weight excluding hydrogens is 404 g/mol. The van der Waals surface area contributed by atoms with Crippen LogP contribution in [0.25, 0.3) is 21.3 Å². The molecule has 4 aromatic heterocycles. The van der Waals surface area contributed by atoms with Crippen LogP contribution in [-0.2, 0) is 20.1 Å². The van der Waals surface area contributed by atoms with Gasteiger partial charge in [0.1, 0.15) is 10.5 Å². The molecule has 8 nitrogen and oxygen atoms in total. The monoisotopic (exact) mass is 426 g/mol. The summed E-state index contributed by atoms with van der Waals surface area (Å²) in [6, 6.07) is 5.79. The van der Waals surface area contributed by atoms with Gasteiger partial charge in [-0.25, -0.2) is 14.6 Å². The van der Waals surface area contributed by atoms with E-state index in [1.165, 1.54) is 23.0 Å². The van der Waals surface area contributed by atoms with Crippen molar-refractivity contribution in [1.29, 1.82) is 0 Å². The quantitative estimate of drug-likeness (QED) is 0.529. The van der Waals surface area contributed by atoms with Gasteiger partial charge in [0, 0.05) is 35.7 Å². The third-order valence-corrected chi connectivity index (χ3v) is 6.37. The summed E-state index contributed by atoms with van der Waals surface area (Å²) in [6.07, 6.45) is 1.69. The molecular formula is C21H22N4O4S. The van der Waals surface area contributed by atoms with Crippen molar-refractivity contribution in [3.8, 4) is 0 Å². The van der Waals surface area contributed by atoms with Crippen LogP contribution >= 0.6 is 11.3 Å². The molecule has 4 rings (SSSR count). The Morgan fingerprint density at radius 2 is 2.00 bits per heavy atom. The summed E-state index contributed by atoms with van der Waals surface area (Å²) in [6.45, 7) is 6.53. The van der Waals surface area contributed by atoms with E-state index in [0.717, 1.165) is 21.3 Å². The van der Waals surface area contributed by atoms with Crippen LogP contribution in [0.4, 0.5) is 0 Å². The molecule has 0 saturated carbocycles. The van der Waals surface area contributed by atoms with Crippen molar-refractivity contribution < 1.29 is 9.90 Å². The van der Waals surface area contributed by atoms with Crippen LogP contribution in [0.15, 0.2) is 34.0 Å². The summed E-state index contributed by atoms with van der Waals surface area (Å²) < 4.78 is 4.44. The molecule has 0 aromatic carbocycles. The molecule has 0 unspecified atom stereocenters. The van der Waals surface area contributed by atoms with E-state index in [0.29, 0.717) is 16.3 Å². The maximum Gasteiger partial charge on any atom is 0.337 e. The van der Waals surface area contributed by atoms with Crippen molar-refractivity contribution >= 4 is 38.6 Å². The first-order valence-corrected chi connectivity index (χ1v) is 10.4. The van der Waals surface area contributed by atoms with Crippen molar-refractivity contribution in [1.82, 2.24) is 18.7 Å². The molecule has 30 heavy (non-hydrogen) atoms. The number of carboxylic acids is 1. The molecule has 0 aliphatic heterocycles. The zero-order valence-electron chi connectivity index (χ0n) is 17.2. The lowest BCUT2D eigenvalue weighted by Crippen LogP contribution is -2.38. The molecule has 0 radical (unpaired) electrons. The summed E-state index contributed by atoms with van der Waals surface area (Å²) in [5.41, 5.74) is 0.629. The van der Waals surface area contributed by atoms with Gasteiger partial charge >= 0.3 is 11.7 Å². The molecule has 4 heterocycles. The Labute approximate surface area is 175 Å². The first-order valence-electron chi connectivity index (χ1n) is 9.60. The molecule has 4 aromatic rings. The molecule has 0 amide bonds. The first-order chi connectivity index (χ1) is 14.2. The number of hydrogen-bond acceptors (Lipinski definition) is 5. The van der Waals surface area contributed by atoms with Gasteiger partial charge in [-0.15, -0.1) is 11.3 Å². The molecule has 156 valence electrons. The van der Waals surface area contributed by atoms with Crippen molar-refractivity contribution in [3.05, 3.63) is 61.4 Å². The van der Waals surface area contributed by atoms with Gasteiger partial charge in [-0.1, -0.05) is 13.8 Å². The van der Waals surface area contributed by atoms with E-state index in [2.05, 4.69) is 4.98 Å². The van der Waals surface area contributed by atoms with Gasteiger partial charge in [0.05, 0.1) is 17.5 Å². The Morgan fingerprint density at radius 3 is 2.67 bits per heavy atom. The second kappa shape index (κ2) is 7.24. The van der Waals surface area contributed by atoms with E-state index in [9.17, 15) is 19.5 Å². The fraction of sp³-hybridized carbons (Fsp3) is 0.333. The molecule has 0 spiro atoms. The van der Waals surface area contributed by atoms with Gasteiger partial charge in [0.15, 0.2) is 0 Å². The number of aromatic nitrogens is 4. The average Bonchev–Trinajstić information content (AvgIpc) is 3.22. The normalized spacial score (nSPS) is 11.8. The fourth-order valence-corrected chi connectivity index (χ4v) is 5.07. The third kappa shape index (κ3) is 3.06. The van der Waals surface area contributed by atoms with Crippen molar-refractivity contribution in [2.75, 3.05) is 0 Å². The molecule has 0 aliphatic rings. The topological polar surface area (TPSA) is 99.1 Å². The second-order valence-corrected chi connectivity index (χ2v) is 8.91. The van der Waals surface area contributed by atoms with Crippen LogP contribution < -0.4 is 11.2 Å². The lowest BCUT2D eigenvalue weighted by molar-refractivity contribution is 0.0698. The smallest absolute Gasteiger partial charge is 0.337 e. The minimum Gasteiger partial charge on any atom is -0.478 e. The summed E-state index contributed by atoms with van der Waals surface area (Å²) in [5.74, 6) is -1.02. The highest BCUT2D eigenvalue weighted by molar-refractivity contribution is 7.19. The molecule has 0 atom stereocenters. The Hall–Kier alpha value is -3.20. The van der Waals surface area contributed by atoms with E-state index in [1.807, 2.05) is 43.5 Å². The van der Waals surface area contributed by atoms with Crippen LogP contribution in [0.2, 0.25) is 0 Å². The molecule has 1 N–H and O–H groups in total. The number of thiophene rings is 1. The number of carboxylic acid groups (broad SMARTS) is 1. The Bertz CT molecular complexity index is 1420. The molecule has 9 heteroatoms. The van der Waals surface area contributed by atoms with E-state index in [-0.39, 0.29) is 23.4 Å². The predicted octanol–water partition coefficient (Wildman–Crippen LogP) is 2.82. The van der Waals surface area contributed by atoms with Gasteiger partial charge in [-0.2, -0.15) is 0 Å². The zero-order chi connectivity index (χ0) is 21.7. The average molecular weight is 426 g/mol. The lowest BCUT2D eigenvalue weighted by atomic mass is 10.1. The Kier molecular flexibility index (Phi) is 4.85. The second-order valence-electron chi connectivity index (χ2n) is 7.82. The third-order valence-electron chi connectivity index (χ3n) is 5.17. The highest BCUT2D eigenvalue weighted by Crippen LogP contribution is 2.31. The fourth-order valence-electron chi connectivity index (χ4n) is 3.80. The number of hydrogen-bond donors (Lipinski definition) is 1. The van der Waals surface area contributed by atoms with Crippen molar-refractivity contribution in [2.45, 2.75) is 33.9 Å². The standard InChI is InChI=1S/C21H22N4O4S/c1-11(2)9-25-19-16(18(26)23(4)21(25)29)15(20(27)28)14(30-19)10-24-12(3)8-13-6-5-7-22-17(13)24/h5-8,11H,9-10H2,1-4H3,(H,27,28). The van der Waals surface area contributed by atoms with Crippen LogP contribution in [0.5, 0.6) is 0 Å². The number of rotatable bonds is 5. The lowest BCUT2D eigenvalue weighted by Gasteiger charge is -2.11. The minimum atomic E-state index is -1.18. The van der Waals surface area contributed by atoms with Crippen molar-refractivity contribution in [2.24, 2.45) is 13.0 Å². The molecule has 0 aliphatic carbocycles. The van der Waals surface area contributed by atoms with Crippen LogP contribution in [0.3, 0.4) is 0 Å². The summed E-state index contributed by atoms with van der Waals surface area (Å²) in [5, 5.41) is 11.0. The highest BCUT2D eigenvalue weighted by Gasteiger charge is 2.26. The zero-order valence-corrected chi connectivity index (χ0v) is 18.0. The van der Waals surface area contributed by atoms with Crippen LogP contribution in [0.1, 0.15) is 34.8 Å². The number of nitrogens with zero attached hydrogens (tertiary/aromatic N) is 4. The van der Waals surface area contributed by atoms with E-state index < -0.39 is 17.2 Å². The molecule has 0 saturated heterocycles. The van der Waals surface area contributed by atoms with Crippen LogP contribution in [0, 0.1) is 12.8 Å². The number of aryl methyl sites for hydroxylation is 1. The molecule has 0 bridgehead atoms. The Balaban J connectivity index is 2.03. The maximum absolute atomic E-state index is 12.9. The van der Waals surface area contributed by atoms with Gasteiger partial charge < -0.3 is 9.67 Å². The van der Waals surface area contributed by atoms with E-state index in [1.54, 1.807) is 6.20 Å². The number of carbonyl (C=O) groups is 1. The SMILES string of the molecule is Cc1cc2cccnc2n1Cc1sc2c(c1C(=O)O)c(=O)n(C)c(=O)n2CC(C)C. The van der Waals surface area contributed by atoms with Gasteiger partial charge in [0.25, 0.3) is 5.56 Å². The van der Waals surface area contributed by atoms with Gasteiger partial charge in [-0.05, 0) is 31.0 Å². The van der Waals surface area contributed by atoms with E-state index >= 15 is 0 Å². The summed E-state index contributed by atoms with van der Waals surface area (Å²) in [4.78, 5) is 43.2. The number of pyridine rings is 1. The molecule has 0 fully saturated rings. The van der Waals surface area contributed by atoms with Gasteiger partial charge in [0.2, 0.25) is 0 Å². The first kappa shape index (κ1) is 20.1. The van der Waals surface area contributed by atoms with Crippen molar-refractivity contribution in [3.63, 3.8) is 0 Å². The summed E-state index contributed by atoms with van der Waals surface area (Å²) in [7, 11) is 1.39. The highest BCUT2D eigenvalue weighted by atomic mass is 32.1. The van der Waals surface area contributed by atoms with Crippen LogP contribution in [-0.4, -0.2) is 29.8 Å². The number of aromatic carboxylic acids is 1. The number of fused-ring (bicyclic) bond motifs is 2.